The third-order valence-corrected chi connectivity index (χ3v) is 6.82. The molecular weight excluding hydrogens is 422 g/mol. The second-order valence-corrected chi connectivity index (χ2v) is 10.7. The van der Waals surface area contributed by atoms with Crippen LogP contribution in [-0.2, 0) is 14.4 Å². The minimum atomic E-state index is -0.615. The third kappa shape index (κ3) is 5.18. The van der Waals surface area contributed by atoms with Crippen LogP contribution < -0.4 is 10.6 Å². The first-order chi connectivity index (χ1) is 15.6. The number of hydrogen-bond acceptors (Lipinski definition) is 6. The Labute approximate surface area is 194 Å². The van der Waals surface area contributed by atoms with Crippen LogP contribution in [-0.4, -0.2) is 63.3 Å². The lowest BCUT2D eigenvalue weighted by molar-refractivity contribution is -0.144. The van der Waals surface area contributed by atoms with Gasteiger partial charge < -0.3 is 15.5 Å². The average Bonchev–Trinajstić information content (AvgIpc) is 3.67. The third-order valence-electron chi connectivity index (χ3n) is 6.82. The maximum atomic E-state index is 13.6. The van der Waals surface area contributed by atoms with E-state index in [1.807, 2.05) is 27.0 Å². The van der Waals surface area contributed by atoms with Crippen LogP contribution in [0.2, 0.25) is 0 Å². The summed E-state index contributed by atoms with van der Waals surface area (Å²) in [6.45, 7) is 6.58. The first-order valence-electron chi connectivity index (χ1n) is 11.8. The van der Waals surface area contributed by atoms with Gasteiger partial charge in [0.2, 0.25) is 17.7 Å². The topological polar surface area (TPSA) is 133 Å². The van der Waals surface area contributed by atoms with Gasteiger partial charge in [-0.25, -0.2) is 4.68 Å². The second-order valence-electron chi connectivity index (χ2n) is 10.7. The molecule has 1 aromatic rings. The van der Waals surface area contributed by atoms with E-state index in [1.165, 1.54) is 0 Å². The lowest BCUT2D eigenvalue weighted by Crippen LogP contribution is -2.51. The van der Waals surface area contributed by atoms with Crippen LogP contribution >= 0.6 is 0 Å². The summed E-state index contributed by atoms with van der Waals surface area (Å²) in [7, 11) is 0. The van der Waals surface area contributed by atoms with Gasteiger partial charge in [0.1, 0.15) is 12.1 Å². The van der Waals surface area contributed by atoms with Gasteiger partial charge in [0, 0.05) is 25.2 Å². The quantitative estimate of drug-likeness (QED) is 0.606. The van der Waals surface area contributed by atoms with E-state index in [9.17, 15) is 14.4 Å². The van der Waals surface area contributed by atoms with Crippen molar-refractivity contribution in [1.82, 2.24) is 30.5 Å². The van der Waals surface area contributed by atoms with Crippen LogP contribution in [0, 0.1) is 22.2 Å². The summed E-state index contributed by atoms with van der Waals surface area (Å²) < 4.78 is 1.65. The zero-order valence-electron chi connectivity index (χ0n) is 19.6. The molecule has 33 heavy (non-hydrogen) atoms. The number of hydrogen-bond donors (Lipinski definition) is 2. The molecule has 2 heterocycles. The van der Waals surface area contributed by atoms with Gasteiger partial charge in [-0.2, -0.15) is 5.26 Å². The van der Waals surface area contributed by atoms with Crippen LogP contribution in [0.4, 0.5) is 0 Å². The minimum Gasteiger partial charge on any atom is -0.353 e. The molecule has 2 aliphatic carbocycles. The van der Waals surface area contributed by atoms with E-state index in [-0.39, 0.29) is 24.3 Å². The molecule has 1 aromatic heterocycles. The van der Waals surface area contributed by atoms with Crippen molar-refractivity contribution >= 4 is 17.7 Å². The molecule has 4 rings (SSSR count). The second kappa shape index (κ2) is 8.76. The highest BCUT2D eigenvalue weighted by molar-refractivity contribution is 5.92. The summed E-state index contributed by atoms with van der Waals surface area (Å²) in [5.74, 6) is -0.374. The Morgan fingerprint density at radius 3 is 2.58 bits per heavy atom. The minimum absolute atomic E-state index is 0.151. The Morgan fingerprint density at radius 2 is 1.97 bits per heavy atom. The van der Waals surface area contributed by atoms with E-state index >= 15 is 0 Å². The van der Waals surface area contributed by atoms with Gasteiger partial charge in [0.05, 0.1) is 23.7 Å². The molecule has 10 heteroatoms. The molecule has 2 saturated carbocycles. The van der Waals surface area contributed by atoms with Crippen LogP contribution in [0.3, 0.4) is 0 Å². The van der Waals surface area contributed by atoms with E-state index in [0.717, 1.165) is 37.8 Å². The molecule has 1 aliphatic heterocycles. The Hall–Kier alpha value is -2.96. The van der Waals surface area contributed by atoms with Crippen molar-refractivity contribution in [3.8, 4) is 6.07 Å². The molecule has 2 N–H and O–H groups in total. The Balaban J connectivity index is 1.38. The number of aromatic nitrogens is 3. The van der Waals surface area contributed by atoms with Gasteiger partial charge in [-0.1, -0.05) is 26.0 Å². The monoisotopic (exact) mass is 455 g/mol. The SMILES string of the molecule is CC(C)(C)[C@@H](C(=O)N1CCC[C@H]1C(=O)NCC(=O)NCC1(C#N)CC1)n1cc(C2CC2)nn1. The van der Waals surface area contributed by atoms with E-state index in [1.54, 1.807) is 9.58 Å². The summed E-state index contributed by atoms with van der Waals surface area (Å²) in [4.78, 5) is 40.3. The van der Waals surface area contributed by atoms with Crippen LogP contribution in [0.15, 0.2) is 6.20 Å². The normalized spacial score (nSPS) is 22.4. The highest BCUT2D eigenvalue weighted by Crippen LogP contribution is 2.44. The Morgan fingerprint density at radius 1 is 1.24 bits per heavy atom. The fraction of sp³-hybridized carbons (Fsp3) is 0.739. The predicted octanol–water partition coefficient (Wildman–Crippen LogP) is 1.27. The van der Waals surface area contributed by atoms with Crippen molar-refractivity contribution in [2.75, 3.05) is 19.6 Å². The van der Waals surface area contributed by atoms with E-state index < -0.39 is 22.9 Å². The summed E-state index contributed by atoms with van der Waals surface area (Å²) in [6.07, 6.45) is 6.93. The molecule has 3 fully saturated rings. The summed E-state index contributed by atoms with van der Waals surface area (Å²) in [6, 6.07) is 1.04. The molecule has 0 unspecified atom stereocenters. The van der Waals surface area contributed by atoms with Gasteiger partial charge in [-0.3, -0.25) is 14.4 Å². The highest BCUT2D eigenvalue weighted by atomic mass is 16.2. The van der Waals surface area contributed by atoms with Crippen molar-refractivity contribution in [3.63, 3.8) is 0 Å². The number of rotatable bonds is 8. The van der Waals surface area contributed by atoms with E-state index in [0.29, 0.717) is 25.4 Å². The first-order valence-corrected chi connectivity index (χ1v) is 11.8. The molecular formula is C23H33N7O3. The number of carbonyl (C=O) groups excluding carboxylic acids is 3. The molecule has 1 saturated heterocycles. The molecule has 10 nitrogen and oxygen atoms in total. The van der Waals surface area contributed by atoms with Crippen LogP contribution in [0.5, 0.6) is 0 Å². The van der Waals surface area contributed by atoms with Crippen molar-refractivity contribution in [1.29, 1.82) is 5.26 Å². The number of carbonyl (C=O) groups is 3. The van der Waals surface area contributed by atoms with Crippen LogP contribution in [0.1, 0.15) is 76.9 Å². The number of nitrogens with zero attached hydrogens (tertiary/aromatic N) is 5. The van der Waals surface area contributed by atoms with Gasteiger partial charge >= 0.3 is 0 Å². The zero-order valence-corrected chi connectivity index (χ0v) is 19.6. The fourth-order valence-corrected chi connectivity index (χ4v) is 4.42. The molecule has 178 valence electrons. The van der Waals surface area contributed by atoms with Gasteiger partial charge in [0.25, 0.3) is 0 Å². The lowest BCUT2D eigenvalue weighted by Gasteiger charge is -2.34. The largest absolute Gasteiger partial charge is 0.353 e. The number of amides is 3. The first kappa shape index (κ1) is 23.2. The zero-order chi connectivity index (χ0) is 23.8. The van der Waals surface area contributed by atoms with Gasteiger partial charge in [0.15, 0.2) is 0 Å². The summed E-state index contributed by atoms with van der Waals surface area (Å²) in [5, 5.41) is 23.0. The van der Waals surface area contributed by atoms with Crippen molar-refractivity contribution in [2.24, 2.45) is 10.8 Å². The molecule has 3 amide bonds. The Kier molecular flexibility index (Phi) is 6.16. The summed E-state index contributed by atoms with van der Waals surface area (Å²) in [5.41, 5.74) is 0.0641. The number of likely N-dealkylation sites (tertiary alicyclic amines) is 1. The van der Waals surface area contributed by atoms with Crippen molar-refractivity contribution in [2.45, 2.75) is 77.3 Å². The molecule has 2 atom stereocenters. The van der Waals surface area contributed by atoms with Gasteiger partial charge in [-0.15, -0.1) is 5.10 Å². The number of nitriles is 1. The Bertz CT molecular complexity index is 965. The summed E-state index contributed by atoms with van der Waals surface area (Å²) >= 11 is 0. The number of nitrogens with one attached hydrogen (secondary N) is 2. The fourth-order valence-electron chi connectivity index (χ4n) is 4.42. The average molecular weight is 456 g/mol. The van der Waals surface area contributed by atoms with Crippen LogP contribution in [0.25, 0.3) is 0 Å². The maximum absolute atomic E-state index is 13.6. The smallest absolute Gasteiger partial charge is 0.248 e. The van der Waals surface area contributed by atoms with E-state index in [2.05, 4.69) is 27.0 Å². The lowest BCUT2D eigenvalue weighted by atomic mass is 9.85. The molecule has 0 radical (unpaired) electrons. The molecule has 0 aromatic carbocycles. The van der Waals surface area contributed by atoms with Gasteiger partial charge in [-0.05, 0) is 43.9 Å². The molecule has 0 bridgehead atoms. The van der Waals surface area contributed by atoms with Crippen molar-refractivity contribution in [3.05, 3.63) is 11.9 Å². The highest BCUT2D eigenvalue weighted by Gasteiger charge is 2.44. The van der Waals surface area contributed by atoms with E-state index in [4.69, 9.17) is 5.26 Å². The van der Waals surface area contributed by atoms with Crippen molar-refractivity contribution < 1.29 is 14.4 Å². The standard InChI is InChI=1S/C23H33N7O3/c1-22(2,3)19(30-12-16(27-28-30)15-6-7-15)21(33)29-10-4-5-17(29)20(32)25-11-18(31)26-14-23(13-24)8-9-23/h12,15,17,19H,4-11,14H2,1-3H3,(H,25,32)(H,26,31)/t17-,19+/m0/s1. The predicted molar refractivity (Wildman–Crippen MR) is 119 cm³/mol. The molecule has 3 aliphatic rings. The maximum Gasteiger partial charge on any atom is 0.248 e. The molecule has 0 spiro atoms.